The highest BCUT2D eigenvalue weighted by atomic mass is 19.3. The summed E-state index contributed by atoms with van der Waals surface area (Å²) in [4.78, 5) is 26.0. The maximum absolute atomic E-state index is 13.2. The van der Waals surface area contributed by atoms with Crippen LogP contribution in [0.3, 0.4) is 0 Å². The molecular weight excluding hydrogens is 466 g/mol. The average Bonchev–Trinajstić information content (AvgIpc) is 3.08. The zero-order valence-electron chi connectivity index (χ0n) is 20.3. The topological polar surface area (TPSA) is 89.5 Å². The summed E-state index contributed by atoms with van der Waals surface area (Å²) >= 11 is 0. The summed E-state index contributed by atoms with van der Waals surface area (Å²) in [5.41, 5.74) is 0.909. The van der Waals surface area contributed by atoms with Gasteiger partial charge in [0.15, 0.2) is 18.4 Å². The monoisotopic (exact) mass is 496 g/mol. The number of esters is 1. The minimum absolute atomic E-state index is 0.0215. The molecule has 2 aliphatic heterocycles. The van der Waals surface area contributed by atoms with Crippen LogP contribution in [-0.4, -0.2) is 56.4 Å². The van der Waals surface area contributed by atoms with Gasteiger partial charge in [-0.25, -0.2) is 4.79 Å². The first-order valence-corrected chi connectivity index (χ1v) is 11.2. The van der Waals surface area contributed by atoms with Crippen molar-refractivity contribution in [2.24, 2.45) is 0 Å². The molecule has 0 saturated carbocycles. The van der Waals surface area contributed by atoms with Crippen LogP contribution in [0.2, 0.25) is 0 Å². The van der Waals surface area contributed by atoms with Gasteiger partial charge in [-0.15, -0.1) is 0 Å². The summed E-state index contributed by atoms with van der Waals surface area (Å²) in [6, 6.07) is 2.47. The molecule has 0 spiro atoms. The van der Waals surface area contributed by atoms with E-state index in [4.69, 9.17) is 23.7 Å². The number of ketones is 1. The largest absolute Gasteiger partial charge is 0.466 e. The van der Waals surface area contributed by atoms with Crippen molar-refractivity contribution in [1.82, 2.24) is 0 Å². The molecule has 3 rings (SSSR count). The summed E-state index contributed by atoms with van der Waals surface area (Å²) in [7, 11) is 1.38. The minimum atomic E-state index is -3.08. The van der Waals surface area contributed by atoms with Crippen molar-refractivity contribution in [3.05, 3.63) is 41.0 Å². The molecule has 2 aliphatic rings. The lowest BCUT2D eigenvalue weighted by atomic mass is 10.00. The van der Waals surface area contributed by atoms with E-state index in [2.05, 4.69) is 4.74 Å². The molecule has 1 fully saturated rings. The molecule has 0 aromatic heterocycles. The normalized spacial score (nSPS) is 24.8. The van der Waals surface area contributed by atoms with Crippen molar-refractivity contribution < 1.29 is 46.8 Å². The van der Waals surface area contributed by atoms with Crippen LogP contribution >= 0.6 is 0 Å². The fourth-order valence-electron chi connectivity index (χ4n) is 3.83. The van der Waals surface area contributed by atoms with E-state index < -0.39 is 36.7 Å². The molecule has 1 saturated heterocycles. The Balaban J connectivity index is 2.09. The second-order valence-corrected chi connectivity index (χ2v) is 8.71. The van der Waals surface area contributed by atoms with Crippen LogP contribution in [0.1, 0.15) is 56.5 Å². The highest BCUT2D eigenvalue weighted by molar-refractivity contribution is 5.97. The Bertz CT molecular complexity index is 1000. The van der Waals surface area contributed by atoms with Crippen LogP contribution in [-0.2, 0) is 23.7 Å². The smallest absolute Gasteiger partial charge is 0.387 e. The first kappa shape index (κ1) is 26.8. The van der Waals surface area contributed by atoms with Crippen molar-refractivity contribution in [3.63, 3.8) is 0 Å². The first-order valence-electron chi connectivity index (χ1n) is 11.2. The van der Waals surface area contributed by atoms with Gasteiger partial charge in [0.25, 0.3) is 0 Å². The van der Waals surface area contributed by atoms with E-state index in [1.807, 2.05) is 0 Å². The Morgan fingerprint density at radius 3 is 2.63 bits per heavy atom. The Morgan fingerprint density at radius 1 is 1.20 bits per heavy atom. The van der Waals surface area contributed by atoms with Crippen molar-refractivity contribution in [1.29, 1.82) is 0 Å². The molecule has 35 heavy (non-hydrogen) atoms. The number of Topliss-reactive ketones (excluding diaryl/α,β-unsaturated/α-hetero) is 1. The molecule has 10 heteroatoms. The van der Waals surface area contributed by atoms with Crippen LogP contribution in [0, 0.1) is 0 Å². The standard InChI is InChI=1S/C25H30F2O8/c1-14-9-10-18(28)22-19(34-25(3,4)35-22)8-6-7-16-11-17(33-24(26)27)12-20(31-13-30-5)21(16)23(29)32-15(14)2/h6-7,9,11-12,15,19,22,24H,8,10,13H2,1-5H3/t15-,19-,22+/m0/s1. The summed E-state index contributed by atoms with van der Waals surface area (Å²) in [6.07, 6.45) is 3.24. The van der Waals surface area contributed by atoms with Gasteiger partial charge in [-0.1, -0.05) is 18.2 Å². The van der Waals surface area contributed by atoms with Gasteiger partial charge in [-0.3, -0.25) is 4.79 Å². The third-order valence-electron chi connectivity index (χ3n) is 5.58. The second kappa shape index (κ2) is 11.3. The molecule has 0 aliphatic carbocycles. The number of cyclic esters (lactones) is 1. The number of hydrogen-bond acceptors (Lipinski definition) is 8. The number of rotatable bonds is 5. The molecule has 0 N–H and O–H groups in total. The summed E-state index contributed by atoms with van der Waals surface area (Å²) < 4.78 is 58.2. The maximum atomic E-state index is 13.2. The van der Waals surface area contributed by atoms with E-state index >= 15 is 0 Å². The van der Waals surface area contributed by atoms with Gasteiger partial charge in [0.1, 0.15) is 29.3 Å². The molecular formula is C25H30F2O8. The predicted molar refractivity (Wildman–Crippen MR) is 121 cm³/mol. The molecule has 1 aromatic rings. The number of benzene rings is 1. The van der Waals surface area contributed by atoms with Gasteiger partial charge in [0, 0.05) is 19.6 Å². The number of carbonyl (C=O) groups excluding carboxylic acids is 2. The number of fused-ring (bicyclic) bond motifs is 2. The SMILES string of the molecule is COCOc1cc(OC(F)F)cc2c1C(=O)O[C@@H](C)C(C)=CCC(=O)[C@H]1OC(C)(C)O[C@H]1CC=C2. The summed E-state index contributed by atoms with van der Waals surface area (Å²) in [6.45, 7) is 3.55. The first-order chi connectivity index (χ1) is 16.5. The van der Waals surface area contributed by atoms with E-state index in [9.17, 15) is 18.4 Å². The molecule has 3 atom stereocenters. The molecule has 2 heterocycles. The zero-order chi connectivity index (χ0) is 25.8. The second-order valence-electron chi connectivity index (χ2n) is 8.71. The Kier molecular flexibility index (Phi) is 8.63. The van der Waals surface area contributed by atoms with Crippen LogP contribution in [0.15, 0.2) is 29.9 Å². The lowest BCUT2D eigenvalue weighted by molar-refractivity contribution is -0.154. The number of halogens is 2. The van der Waals surface area contributed by atoms with E-state index in [1.54, 1.807) is 45.9 Å². The lowest BCUT2D eigenvalue weighted by Gasteiger charge is -2.19. The van der Waals surface area contributed by atoms with Crippen molar-refractivity contribution >= 4 is 17.8 Å². The van der Waals surface area contributed by atoms with Gasteiger partial charge >= 0.3 is 12.6 Å². The summed E-state index contributed by atoms with van der Waals surface area (Å²) in [5.74, 6) is -2.09. The van der Waals surface area contributed by atoms with Crippen molar-refractivity contribution in [2.75, 3.05) is 13.9 Å². The fraction of sp³-hybridized carbons (Fsp3) is 0.520. The van der Waals surface area contributed by atoms with E-state index in [-0.39, 0.29) is 48.0 Å². The molecule has 192 valence electrons. The molecule has 8 nitrogen and oxygen atoms in total. The van der Waals surface area contributed by atoms with Crippen LogP contribution in [0.25, 0.3) is 6.08 Å². The van der Waals surface area contributed by atoms with Gasteiger partial charge in [0.05, 0.1) is 6.10 Å². The number of allylic oxidation sites excluding steroid dienone is 1. The molecule has 1 aromatic carbocycles. The van der Waals surface area contributed by atoms with Crippen LogP contribution in [0.4, 0.5) is 8.78 Å². The van der Waals surface area contributed by atoms with E-state index in [0.29, 0.717) is 5.57 Å². The maximum Gasteiger partial charge on any atom is 0.387 e. The van der Waals surface area contributed by atoms with Gasteiger partial charge in [-0.2, -0.15) is 8.78 Å². The van der Waals surface area contributed by atoms with Crippen molar-refractivity contribution in [2.45, 2.75) is 71.2 Å². The number of methoxy groups -OCH3 is 1. The molecule has 0 amide bonds. The van der Waals surface area contributed by atoms with Crippen molar-refractivity contribution in [3.8, 4) is 11.5 Å². The Morgan fingerprint density at radius 2 is 1.94 bits per heavy atom. The van der Waals surface area contributed by atoms with Gasteiger partial charge < -0.3 is 28.4 Å². The number of alkyl halides is 2. The third kappa shape index (κ3) is 6.87. The number of carbonyl (C=O) groups is 2. The van der Waals surface area contributed by atoms with Gasteiger partial charge in [-0.05, 0) is 51.3 Å². The number of hydrogen-bond donors (Lipinski definition) is 0. The highest BCUT2D eigenvalue weighted by Crippen LogP contribution is 2.34. The quantitative estimate of drug-likeness (QED) is 0.330. The fourth-order valence-corrected chi connectivity index (χ4v) is 3.83. The predicted octanol–water partition coefficient (Wildman–Crippen LogP) is 4.66. The number of ether oxygens (including phenoxy) is 6. The average molecular weight is 497 g/mol. The van der Waals surface area contributed by atoms with Crippen LogP contribution in [0.5, 0.6) is 11.5 Å². The Labute approximate surface area is 202 Å². The van der Waals surface area contributed by atoms with Gasteiger partial charge in [0.2, 0.25) is 0 Å². The van der Waals surface area contributed by atoms with E-state index in [0.717, 1.165) is 0 Å². The third-order valence-corrected chi connectivity index (χ3v) is 5.58. The lowest BCUT2D eigenvalue weighted by Crippen LogP contribution is -2.31. The molecule has 0 bridgehead atoms. The van der Waals surface area contributed by atoms with E-state index in [1.165, 1.54) is 19.2 Å². The van der Waals surface area contributed by atoms with Crippen LogP contribution < -0.4 is 9.47 Å². The Hall–Kier alpha value is -2.82. The minimum Gasteiger partial charge on any atom is -0.466 e. The zero-order valence-corrected chi connectivity index (χ0v) is 20.3. The highest BCUT2D eigenvalue weighted by Gasteiger charge is 2.44. The summed E-state index contributed by atoms with van der Waals surface area (Å²) in [5, 5.41) is 0. The molecule has 0 unspecified atom stereocenters. The molecule has 0 radical (unpaired) electrons.